The lowest BCUT2D eigenvalue weighted by molar-refractivity contribution is 0.130. The highest BCUT2D eigenvalue weighted by Crippen LogP contribution is 2.12. The summed E-state index contributed by atoms with van der Waals surface area (Å²) < 4.78 is 0. The number of hydrogen-bond donors (Lipinski definition) is 0. The Morgan fingerprint density at radius 2 is 1.82 bits per heavy atom. The van der Waals surface area contributed by atoms with Gasteiger partial charge in [0.15, 0.2) is 0 Å². The molecule has 0 atom stereocenters. The van der Waals surface area contributed by atoms with Crippen LogP contribution in [0.15, 0.2) is 34.6 Å². The van der Waals surface area contributed by atoms with E-state index in [1.54, 1.807) is 0 Å². The fraction of sp³-hybridized carbons (Fsp3) is 0.385. The number of nitrogens with zero attached hydrogens (tertiary/aromatic N) is 2. The Labute approximate surface area is 102 Å². The molecule has 0 aromatic heterocycles. The van der Waals surface area contributed by atoms with Crippen molar-refractivity contribution in [2.24, 2.45) is 10.3 Å². The normalized spacial score (nSPS) is 10.9. The molecule has 0 fully saturated rings. The first-order valence-corrected chi connectivity index (χ1v) is 5.44. The summed E-state index contributed by atoms with van der Waals surface area (Å²) in [5, 5.41) is 7.84. The minimum absolute atomic E-state index is 0.428. The van der Waals surface area contributed by atoms with E-state index in [-0.39, 0.29) is 0 Å². The number of rotatable bonds is 5. The van der Waals surface area contributed by atoms with Gasteiger partial charge in [0.25, 0.3) is 0 Å². The third kappa shape index (κ3) is 4.26. The van der Waals surface area contributed by atoms with E-state index in [1.807, 2.05) is 45.0 Å². The van der Waals surface area contributed by atoms with E-state index in [2.05, 4.69) is 10.3 Å². The van der Waals surface area contributed by atoms with Crippen LogP contribution in [0.3, 0.4) is 0 Å². The Morgan fingerprint density at radius 3 is 2.47 bits per heavy atom. The zero-order valence-electron chi connectivity index (χ0n) is 10.7. The molecule has 4 nitrogen and oxygen atoms in total. The van der Waals surface area contributed by atoms with Crippen LogP contribution in [0.5, 0.6) is 0 Å². The standard InChI is InChI=1S/C13H18N2O2/c1-10(2)14-17-9-12-7-5-6-8-13(12)11(3)15-16-4/h5-8H,9H2,1-4H3. The van der Waals surface area contributed by atoms with Gasteiger partial charge in [0.05, 0.1) is 11.4 Å². The fourth-order valence-electron chi connectivity index (χ4n) is 1.42. The smallest absolute Gasteiger partial charge is 0.142 e. The lowest BCUT2D eigenvalue weighted by Gasteiger charge is -2.07. The average molecular weight is 234 g/mol. The summed E-state index contributed by atoms with van der Waals surface area (Å²) >= 11 is 0. The first kappa shape index (κ1) is 13.2. The van der Waals surface area contributed by atoms with E-state index in [4.69, 9.17) is 9.68 Å². The van der Waals surface area contributed by atoms with E-state index in [0.29, 0.717) is 6.61 Å². The van der Waals surface area contributed by atoms with Gasteiger partial charge in [-0.15, -0.1) is 0 Å². The average Bonchev–Trinajstić information content (AvgIpc) is 2.29. The molecule has 0 N–H and O–H groups in total. The summed E-state index contributed by atoms with van der Waals surface area (Å²) in [6.45, 7) is 6.11. The third-order valence-corrected chi connectivity index (χ3v) is 2.10. The molecule has 92 valence electrons. The maximum atomic E-state index is 5.24. The minimum atomic E-state index is 0.428. The van der Waals surface area contributed by atoms with E-state index < -0.39 is 0 Å². The first-order chi connectivity index (χ1) is 8.15. The molecule has 1 aromatic carbocycles. The molecule has 0 saturated carbocycles. The van der Waals surface area contributed by atoms with E-state index in [1.165, 1.54) is 7.11 Å². The molecule has 0 aliphatic carbocycles. The summed E-state index contributed by atoms with van der Waals surface area (Å²) in [6.07, 6.45) is 0. The molecule has 1 aromatic rings. The Kier molecular flexibility index (Phi) is 5.20. The second-order valence-corrected chi connectivity index (χ2v) is 3.83. The van der Waals surface area contributed by atoms with Gasteiger partial charge in [0.2, 0.25) is 0 Å². The van der Waals surface area contributed by atoms with Crippen LogP contribution in [-0.4, -0.2) is 18.5 Å². The lowest BCUT2D eigenvalue weighted by Crippen LogP contribution is -2.02. The Balaban J connectivity index is 2.85. The minimum Gasteiger partial charge on any atom is -0.399 e. The van der Waals surface area contributed by atoms with Crippen LogP contribution in [0, 0.1) is 0 Å². The van der Waals surface area contributed by atoms with Crippen molar-refractivity contribution in [1.29, 1.82) is 0 Å². The van der Waals surface area contributed by atoms with Crippen molar-refractivity contribution in [3.05, 3.63) is 35.4 Å². The molecule has 0 aliphatic rings. The molecule has 0 aliphatic heterocycles. The van der Waals surface area contributed by atoms with Crippen LogP contribution in [0.4, 0.5) is 0 Å². The molecule has 0 radical (unpaired) electrons. The zero-order valence-corrected chi connectivity index (χ0v) is 10.7. The van der Waals surface area contributed by atoms with Gasteiger partial charge in [-0.2, -0.15) is 0 Å². The van der Waals surface area contributed by atoms with Crippen molar-refractivity contribution in [1.82, 2.24) is 0 Å². The van der Waals surface area contributed by atoms with Crippen LogP contribution in [0.1, 0.15) is 31.9 Å². The molecule has 1 rings (SSSR count). The van der Waals surface area contributed by atoms with Crippen LogP contribution in [-0.2, 0) is 16.3 Å². The number of oxime groups is 2. The molecule has 17 heavy (non-hydrogen) atoms. The molecule has 0 heterocycles. The van der Waals surface area contributed by atoms with Crippen molar-refractivity contribution in [3.63, 3.8) is 0 Å². The highest BCUT2D eigenvalue weighted by molar-refractivity contribution is 5.99. The van der Waals surface area contributed by atoms with Gasteiger partial charge in [0, 0.05) is 11.1 Å². The van der Waals surface area contributed by atoms with Crippen LogP contribution in [0.2, 0.25) is 0 Å². The van der Waals surface area contributed by atoms with Crippen molar-refractivity contribution < 1.29 is 9.68 Å². The van der Waals surface area contributed by atoms with Crippen LogP contribution >= 0.6 is 0 Å². The van der Waals surface area contributed by atoms with Gasteiger partial charge in [-0.25, -0.2) is 0 Å². The second kappa shape index (κ2) is 6.68. The van der Waals surface area contributed by atoms with Crippen LogP contribution < -0.4 is 0 Å². The van der Waals surface area contributed by atoms with Crippen molar-refractivity contribution in [3.8, 4) is 0 Å². The second-order valence-electron chi connectivity index (χ2n) is 3.83. The largest absolute Gasteiger partial charge is 0.399 e. The summed E-state index contributed by atoms with van der Waals surface area (Å²) in [5.74, 6) is 0. The summed E-state index contributed by atoms with van der Waals surface area (Å²) in [5.41, 5.74) is 3.77. The molecule has 0 amide bonds. The third-order valence-electron chi connectivity index (χ3n) is 2.10. The topological polar surface area (TPSA) is 43.2 Å². The quantitative estimate of drug-likeness (QED) is 0.580. The zero-order chi connectivity index (χ0) is 12.7. The Morgan fingerprint density at radius 1 is 1.12 bits per heavy atom. The maximum absolute atomic E-state index is 5.24. The Bertz CT molecular complexity index is 421. The molecular formula is C13H18N2O2. The Hall–Kier alpha value is -1.84. The predicted molar refractivity (Wildman–Crippen MR) is 69.2 cm³/mol. The van der Waals surface area contributed by atoms with E-state index >= 15 is 0 Å². The van der Waals surface area contributed by atoms with E-state index in [0.717, 1.165) is 22.6 Å². The summed E-state index contributed by atoms with van der Waals surface area (Å²) in [7, 11) is 1.54. The SMILES string of the molecule is CON=C(C)c1ccccc1CON=C(C)C. The van der Waals surface area contributed by atoms with Gasteiger partial charge < -0.3 is 9.68 Å². The maximum Gasteiger partial charge on any atom is 0.142 e. The summed E-state index contributed by atoms with van der Waals surface area (Å²) in [6, 6.07) is 7.90. The molecule has 0 bridgehead atoms. The summed E-state index contributed by atoms with van der Waals surface area (Å²) in [4.78, 5) is 10.0. The molecule has 0 spiro atoms. The van der Waals surface area contributed by atoms with Crippen molar-refractivity contribution >= 4 is 11.4 Å². The molecule has 4 heteroatoms. The first-order valence-electron chi connectivity index (χ1n) is 5.44. The molecule has 0 unspecified atom stereocenters. The fourth-order valence-corrected chi connectivity index (χ4v) is 1.42. The van der Waals surface area contributed by atoms with Crippen LogP contribution in [0.25, 0.3) is 0 Å². The monoisotopic (exact) mass is 234 g/mol. The highest BCUT2D eigenvalue weighted by atomic mass is 16.6. The molecular weight excluding hydrogens is 216 g/mol. The van der Waals surface area contributed by atoms with E-state index in [9.17, 15) is 0 Å². The van der Waals surface area contributed by atoms with Crippen molar-refractivity contribution in [2.45, 2.75) is 27.4 Å². The number of hydrogen-bond acceptors (Lipinski definition) is 4. The predicted octanol–water partition coefficient (Wildman–Crippen LogP) is 2.97. The van der Waals surface area contributed by atoms with Gasteiger partial charge in [0.1, 0.15) is 13.7 Å². The van der Waals surface area contributed by atoms with Gasteiger partial charge in [-0.1, -0.05) is 34.6 Å². The van der Waals surface area contributed by atoms with Gasteiger partial charge in [-0.05, 0) is 20.8 Å². The number of benzene rings is 1. The highest BCUT2D eigenvalue weighted by Gasteiger charge is 2.05. The van der Waals surface area contributed by atoms with Gasteiger partial charge in [-0.3, -0.25) is 0 Å². The molecule has 0 saturated heterocycles. The van der Waals surface area contributed by atoms with Gasteiger partial charge >= 0.3 is 0 Å². The van der Waals surface area contributed by atoms with Crippen molar-refractivity contribution in [2.75, 3.05) is 7.11 Å². The lowest BCUT2D eigenvalue weighted by atomic mass is 10.0.